The number of rotatable bonds is 3. The molecule has 0 saturated carbocycles. The third-order valence-corrected chi connectivity index (χ3v) is 4.95. The van der Waals surface area contributed by atoms with Gasteiger partial charge >= 0.3 is 0 Å². The highest BCUT2D eigenvalue weighted by molar-refractivity contribution is 7.13. The largest absolute Gasteiger partial charge is 0.346 e. The normalized spacial score (nSPS) is 23.9. The quantitative estimate of drug-likeness (QED) is 0.913. The molecule has 2 saturated heterocycles. The maximum Gasteiger partial charge on any atom is 0.224 e. The molecule has 2 aliphatic heterocycles. The number of hydrogen-bond donors (Lipinski definition) is 1. The van der Waals surface area contributed by atoms with Crippen molar-refractivity contribution < 1.29 is 4.79 Å². The second kappa shape index (κ2) is 6.54. The van der Waals surface area contributed by atoms with Gasteiger partial charge < -0.3 is 15.1 Å². The summed E-state index contributed by atoms with van der Waals surface area (Å²) in [7, 11) is 0. The van der Waals surface area contributed by atoms with E-state index in [1.165, 1.54) is 6.42 Å². The van der Waals surface area contributed by atoms with Gasteiger partial charge in [-0.25, -0.2) is 4.98 Å². The van der Waals surface area contributed by atoms with Gasteiger partial charge in [0.2, 0.25) is 5.91 Å². The van der Waals surface area contributed by atoms with Gasteiger partial charge in [-0.2, -0.15) is 0 Å². The smallest absolute Gasteiger partial charge is 0.224 e. The number of anilines is 1. The highest BCUT2D eigenvalue weighted by atomic mass is 32.1. The number of carbonyl (C=O) groups is 1. The van der Waals surface area contributed by atoms with Crippen LogP contribution in [-0.2, 0) is 4.79 Å². The Bertz CT molecular complexity index is 430. The summed E-state index contributed by atoms with van der Waals surface area (Å²) >= 11 is 1.68. The van der Waals surface area contributed by atoms with Crippen LogP contribution in [0, 0.1) is 0 Å². The van der Waals surface area contributed by atoms with E-state index in [1.807, 2.05) is 16.5 Å². The van der Waals surface area contributed by atoms with Crippen LogP contribution in [0.3, 0.4) is 0 Å². The van der Waals surface area contributed by atoms with Crippen molar-refractivity contribution >= 4 is 22.4 Å². The zero-order chi connectivity index (χ0) is 13.8. The van der Waals surface area contributed by atoms with Crippen LogP contribution in [0.4, 0.5) is 5.13 Å². The Morgan fingerprint density at radius 1 is 1.35 bits per heavy atom. The average Bonchev–Trinajstić information content (AvgIpc) is 3.09. The Labute approximate surface area is 124 Å². The summed E-state index contributed by atoms with van der Waals surface area (Å²) in [5.41, 5.74) is 0. The van der Waals surface area contributed by atoms with E-state index in [-0.39, 0.29) is 0 Å². The van der Waals surface area contributed by atoms with Crippen LogP contribution >= 0.6 is 11.3 Å². The Balaban J connectivity index is 1.52. The lowest BCUT2D eigenvalue weighted by molar-refractivity contribution is -0.131. The predicted octanol–water partition coefficient (Wildman–Crippen LogP) is 1.32. The number of aromatic nitrogens is 1. The van der Waals surface area contributed by atoms with Crippen molar-refractivity contribution in [1.29, 1.82) is 0 Å². The van der Waals surface area contributed by atoms with Crippen molar-refractivity contribution in [1.82, 2.24) is 15.2 Å². The fourth-order valence-electron chi connectivity index (χ4n) is 3.00. The van der Waals surface area contributed by atoms with E-state index in [1.54, 1.807) is 11.3 Å². The lowest BCUT2D eigenvalue weighted by Gasteiger charge is -2.23. The van der Waals surface area contributed by atoms with E-state index in [0.29, 0.717) is 18.4 Å². The fourth-order valence-corrected chi connectivity index (χ4v) is 3.70. The van der Waals surface area contributed by atoms with Gasteiger partial charge in [0.1, 0.15) is 0 Å². The second-order valence-corrected chi connectivity index (χ2v) is 6.41. The highest BCUT2D eigenvalue weighted by Crippen LogP contribution is 2.19. The van der Waals surface area contributed by atoms with Gasteiger partial charge in [0, 0.05) is 50.2 Å². The number of nitrogens with zero attached hydrogens (tertiary/aromatic N) is 3. The summed E-state index contributed by atoms with van der Waals surface area (Å²) in [6.07, 6.45) is 5.89. The summed E-state index contributed by atoms with van der Waals surface area (Å²) in [5.74, 6) is 0.311. The Morgan fingerprint density at radius 2 is 2.30 bits per heavy atom. The first-order chi connectivity index (χ1) is 9.83. The van der Waals surface area contributed by atoms with E-state index in [0.717, 1.165) is 50.7 Å². The molecule has 20 heavy (non-hydrogen) atoms. The standard InChI is InChI=1S/C14H22N4OS/c19-13(11-12-3-1-4-15-12)17-6-2-7-18(9-8-17)14-16-5-10-20-14/h5,10,12,15H,1-4,6-9,11H2. The van der Waals surface area contributed by atoms with E-state index < -0.39 is 0 Å². The lowest BCUT2D eigenvalue weighted by Crippen LogP contribution is -2.38. The van der Waals surface area contributed by atoms with Gasteiger partial charge in [-0.3, -0.25) is 4.79 Å². The van der Waals surface area contributed by atoms with E-state index >= 15 is 0 Å². The molecule has 6 heteroatoms. The van der Waals surface area contributed by atoms with Crippen LogP contribution in [0.15, 0.2) is 11.6 Å². The minimum absolute atomic E-state index is 0.311. The molecule has 3 heterocycles. The topological polar surface area (TPSA) is 48.5 Å². The molecule has 0 radical (unpaired) electrons. The van der Waals surface area contributed by atoms with Crippen molar-refractivity contribution in [3.63, 3.8) is 0 Å². The molecule has 5 nitrogen and oxygen atoms in total. The molecule has 1 amide bonds. The van der Waals surface area contributed by atoms with Crippen molar-refractivity contribution in [3.05, 3.63) is 11.6 Å². The molecule has 1 unspecified atom stereocenters. The Kier molecular flexibility index (Phi) is 4.52. The van der Waals surface area contributed by atoms with Crippen molar-refractivity contribution in [2.24, 2.45) is 0 Å². The van der Waals surface area contributed by atoms with Crippen LogP contribution in [0.1, 0.15) is 25.7 Å². The molecule has 2 fully saturated rings. The third kappa shape index (κ3) is 3.30. The Morgan fingerprint density at radius 3 is 3.05 bits per heavy atom. The van der Waals surface area contributed by atoms with Crippen LogP contribution < -0.4 is 10.2 Å². The molecule has 0 aromatic carbocycles. The molecule has 1 aromatic heterocycles. The number of hydrogen-bond acceptors (Lipinski definition) is 5. The molecular formula is C14H22N4OS. The molecule has 1 atom stereocenters. The van der Waals surface area contributed by atoms with E-state index in [2.05, 4.69) is 15.2 Å². The average molecular weight is 294 g/mol. The van der Waals surface area contributed by atoms with Crippen molar-refractivity contribution in [2.45, 2.75) is 31.7 Å². The van der Waals surface area contributed by atoms with Crippen LogP contribution in [0.2, 0.25) is 0 Å². The molecule has 0 spiro atoms. The molecule has 3 rings (SSSR count). The first-order valence-electron chi connectivity index (χ1n) is 7.48. The summed E-state index contributed by atoms with van der Waals surface area (Å²) in [4.78, 5) is 21.1. The minimum Gasteiger partial charge on any atom is -0.346 e. The van der Waals surface area contributed by atoms with E-state index in [9.17, 15) is 4.79 Å². The minimum atomic E-state index is 0.311. The second-order valence-electron chi connectivity index (χ2n) is 5.53. The number of amides is 1. The number of carbonyl (C=O) groups excluding carboxylic acids is 1. The summed E-state index contributed by atoms with van der Waals surface area (Å²) in [6, 6.07) is 0.404. The van der Waals surface area contributed by atoms with Gasteiger partial charge in [0.25, 0.3) is 0 Å². The molecule has 0 aliphatic carbocycles. The van der Waals surface area contributed by atoms with Gasteiger partial charge in [-0.15, -0.1) is 11.3 Å². The molecular weight excluding hydrogens is 272 g/mol. The van der Waals surface area contributed by atoms with Crippen molar-refractivity contribution in [3.8, 4) is 0 Å². The monoisotopic (exact) mass is 294 g/mol. The first-order valence-corrected chi connectivity index (χ1v) is 8.36. The molecule has 1 N–H and O–H groups in total. The molecule has 0 bridgehead atoms. The van der Waals surface area contributed by atoms with Crippen LogP contribution in [0.5, 0.6) is 0 Å². The summed E-state index contributed by atoms with van der Waals surface area (Å²) in [5, 5.41) is 6.50. The molecule has 1 aromatic rings. The van der Waals surface area contributed by atoms with Crippen molar-refractivity contribution in [2.75, 3.05) is 37.6 Å². The van der Waals surface area contributed by atoms with Crippen LogP contribution in [0.25, 0.3) is 0 Å². The Hall–Kier alpha value is -1.14. The maximum atomic E-state index is 12.4. The van der Waals surface area contributed by atoms with Gasteiger partial charge in [-0.1, -0.05) is 0 Å². The molecule has 2 aliphatic rings. The zero-order valence-corrected chi connectivity index (χ0v) is 12.6. The predicted molar refractivity (Wildman–Crippen MR) is 81.2 cm³/mol. The van der Waals surface area contributed by atoms with Gasteiger partial charge in [0.15, 0.2) is 5.13 Å². The van der Waals surface area contributed by atoms with Crippen LogP contribution in [-0.4, -0.2) is 54.6 Å². The fraction of sp³-hybridized carbons (Fsp3) is 0.714. The third-order valence-electron chi connectivity index (χ3n) is 4.12. The zero-order valence-electron chi connectivity index (χ0n) is 11.8. The number of nitrogens with one attached hydrogen (secondary N) is 1. The molecule has 110 valence electrons. The summed E-state index contributed by atoms with van der Waals surface area (Å²) < 4.78 is 0. The van der Waals surface area contributed by atoms with Gasteiger partial charge in [0.05, 0.1) is 0 Å². The first kappa shape index (κ1) is 13.8. The van der Waals surface area contributed by atoms with E-state index in [4.69, 9.17) is 0 Å². The highest BCUT2D eigenvalue weighted by Gasteiger charge is 2.24. The number of thiazole rings is 1. The lowest BCUT2D eigenvalue weighted by atomic mass is 10.1. The maximum absolute atomic E-state index is 12.4. The SMILES string of the molecule is O=C(CC1CCCN1)N1CCCN(c2nccs2)CC1. The summed E-state index contributed by atoms with van der Waals surface area (Å²) in [6.45, 7) is 4.67. The van der Waals surface area contributed by atoms with Gasteiger partial charge in [-0.05, 0) is 25.8 Å².